The number of rotatable bonds is 4. The highest BCUT2D eigenvalue weighted by molar-refractivity contribution is 6.43. The summed E-state index contributed by atoms with van der Waals surface area (Å²) in [7, 11) is 0. The van der Waals surface area contributed by atoms with E-state index in [2.05, 4.69) is 10.5 Å². The van der Waals surface area contributed by atoms with E-state index in [-0.39, 0.29) is 5.91 Å². The van der Waals surface area contributed by atoms with Crippen LogP contribution in [0.2, 0.25) is 20.1 Å². The second-order valence-corrected chi connectivity index (χ2v) is 9.05. The van der Waals surface area contributed by atoms with Crippen molar-refractivity contribution in [2.24, 2.45) is 0 Å². The number of nitrogens with zero attached hydrogens (tertiary/aromatic N) is 3. The van der Waals surface area contributed by atoms with Gasteiger partial charge >= 0.3 is 0 Å². The van der Waals surface area contributed by atoms with Crippen LogP contribution >= 0.6 is 46.4 Å². The molecule has 0 saturated carbocycles. The van der Waals surface area contributed by atoms with Crippen LogP contribution in [0.1, 0.15) is 35.3 Å². The molecule has 1 fully saturated rings. The topological polar surface area (TPSA) is 50.2 Å². The second-order valence-electron chi connectivity index (χ2n) is 7.42. The van der Waals surface area contributed by atoms with Gasteiger partial charge in [-0.15, -0.1) is 0 Å². The van der Waals surface area contributed by atoms with Gasteiger partial charge in [-0.2, -0.15) is 5.10 Å². The van der Waals surface area contributed by atoms with Crippen LogP contribution in [0.3, 0.4) is 0 Å². The minimum absolute atomic E-state index is 0.275. The van der Waals surface area contributed by atoms with Crippen molar-refractivity contribution in [3.8, 4) is 16.9 Å². The number of benzene rings is 2. The van der Waals surface area contributed by atoms with Crippen LogP contribution in [-0.2, 0) is 0 Å². The molecule has 5 nitrogen and oxygen atoms in total. The number of piperidine rings is 1. The first-order valence-corrected chi connectivity index (χ1v) is 11.4. The van der Waals surface area contributed by atoms with Crippen molar-refractivity contribution in [2.45, 2.75) is 26.2 Å². The maximum absolute atomic E-state index is 13.1. The summed E-state index contributed by atoms with van der Waals surface area (Å²) in [5.74, 6) is -0.275. The van der Waals surface area contributed by atoms with E-state index >= 15 is 0 Å². The molecular formula is C22H20Cl4N4O. The SMILES string of the molecule is Cc1c(C(=O)NN2CCCCC2)nn(-c2ccc(Cl)cc2Cl)c1-c1cccc(Cl)c1Cl. The van der Waals surface area contributed by atoms with Gasteiger partial charge in [0.1, 0.15) is 0 Å². The summed E-state index contributed by atoms with van der Waals surface area (Å²) in [6.07, 6.45) is 3.28. The van der Waals surface area contributed by atoms with E-state index in [4.69, 9.17) is 46.4 Å². The zero-order valence-electron chi connectivity index (χ0n) is 16.8. The molecule has 9 heteroatoms. The number of hydrazine groups is 1. The van der Waals surface area contributed by atoms with Crippen LogP contribution in [0.25, 0.3) is 16.9 Å². The fraction of sp³-hybridized carbons (Fsp3) is 0.273. The van der Waals surface area contributed by atoms with Crippen LogP contribution in [0.5, 0.6) is 0 Å². The molecule has 1 N–H and O–H groups in total. The third-order valence-corrected chi connectivity index (χ3v) is 6.65. The molecule has 0 bridgehead atoms. The van der Waals surface area contributed by atoms with Crippen molar-refractivity contribution in [1.82, 2.24) is 20.2 Å². The van der Waals surface area contributed by atoms with Gasteiger partial charge in [-0.3, -0.25) is 10.2 Å². The van der Waals surface area contributed by atoms with Crippen LogP contribution < -0.4 is 5.43 Å². The molecule has 3 aromatic rings. The predicted octanol–water partition coefficient (Wildman–Crippen LogP) is 6.59. The molecule has 1 amide bonds. The summed E-state index contributed by atoms with van der Waals surface area (Å²) in [4.78, 5) is 13.1. The van der Waals surface area contributed by atoms with Crippen molar-refractivity contribution in [3.63, 3.8) is 0 Å². The van der Waals surface area contributed by atoms with Gasteiger partial charge in [-0.25, -0.2) is 9.69 Å². The average molecular weight is 498 g/mol. The number of aromatic nitrogens is 2. The lowest BCUT2D eigenvalue weighted by Gasteiger charge is -2.26. The number of hydrogen-bond donors (Lipinski definition) is 1. The third kappa shape index (κ3) is 4.57. The van der Waals surface area contributed by atoms with E-state index in [1.54, 1.807) is 35.0 Å². The Kier molecular flexibility index (Phi) is 6.80. The van der Waals surface area contributed by atoms with Gasteiger partial charge in [0, 0.05) is 29.2 Å². The molecule has 0 radical (unpaired) electrons. The predicted molar refractivity (Wildman–Crippen MR) is 127 cm³/mol. The van der Waals surface area contributed by atoms with Crippen molar-refractivity contribution >= 4 is 52.3 Å². The van der Waals surface area contributed by atoms with Crippen molar-refractivity contribution < 1.29 is 4.79 Å². The molecule has 31 heavy (non-hydrogen) atoms. The largest absolute Gasteiger partial charge is 0.286 e. The number of hydrogen-bond acceptors (Lipinski definition) is 3. The first kappa shape index (κ1) is 22.4. The van der Waals surface area contributed by atoms with E-state index < -0.39 is 0 Å². The number of carbonyl (C=O) groups is 1. The number of carbonyl (C=O) groups excluding carboxylic acids is 1. The normalized spacial score (nSPS) is 14.6. The quantitative estimate of drug-likeness (QED) is 0.442. The summed E-state index contributed by atoms with van der Waals surface area (Å²) in [5, 5.41) is 8.26. The Morgan fingerprint density at radius 2 is 1.74 bits per heavy atom. The standard InChI is InChI=1S/C22H20Cl4N4O/c1-13-20(22(31)28-29-10-3-2-4-11-29)27-30(18-9-8-14(23)12-17(18)25)21(13)15-6-5-7-16(24)19(15)26/h5-9,12H,2-4,10-11H2,1H3,(H,28,31). The van der Waals surface area contributed by atoms with E-state index in [0.29, 0.717) is 48.3 Å². The van der Waals surface area contributed by atoms with Gasteiger partial charge in [-0.1, -0.05) is 65.0 Å². The lowest BCUT2D eigenvalue weighted by Crippen LogP contribution is -2.45. The highest BCUT2D eigenvalue weighted by atomic mass is 35.5. The molecule has 1 aliphatic heterocycles. The Morgan fingerprint density at radius 3 is 2.45 bits per heavy atom. The molecule has 4 rings (SSSR count). The van der Waals surface area contributed by atoms with Crippen molar-refractivity contribution in [3.05, 3.63) is 67.7 Å². The highest BCUT2D eigenvalue weighted by Gasteiger charge is 2.26. The minimum atomic E-state index is -0.275. The van der Waals surface area contributed by atoms with Crippen LogP contribution in [0.15, 0.2) is 36.4 Å². The fourth-order valence-electron chi connectivity index (χ4n) is 3.74. The summed E-state index contributed by atoms with van der Waals surface area (Å²) in [6.45, 7) is 3.48. The smallest absolute Gasteiger partial charge is 0.283 e. The molecule has 2 heterocycles. The molecule has 0 atom stereocenters. The van der Waals surface area contributed by atoms with Gasteiger partial charge in [0.25, 0.3) is 5.91 Å². The molecule has 1 saturated heterocycles. The van der Waals surface area contributed by atoms with Crippen molar-refractivity contribution in [1.29, 1.82) is 0 Å². The minimum Gasteiger partial charge on any atom is -0.283 e. The zero-order valence-corrected chi connectivity index (χ0v) is 19.8. The van der Waals surface area contributed by atoms with Gasteiger partial charge in [0.2, 0.25) is 0 Å². The van der Waals surface area contributed by atoms with E-state index in [0.717, 1.165) is 25.9 Å². The molecular weight excluding hydrogens is 478 g/mol. The molecule has 2 aromatic carbocycles. The monoisotopic (exact) mass is 496 g/mol. The Bertz CT molecular complexity index is 1140. The first-order chi connectivity index (χ1) is 14.9. The number of halogens is 4. The van der Waals surface area contributed by atoms with Crippen molar-refractivity contribution in [2.75, 3.05) is 13.1 Å². The maximum Gasteiger partial charge on any atom is 0.286 e. The lowest BCUT2D eigenvalue weighted by molar-refractivity contribution is 0.0743. The second kappa shape index (κ2) is 9.39. The Labute approximate surface area is 200 Å². The van der Waals surface area contributed by atoms with Crippen LogP contribution in [-0.4, -0.2) is 33.8 Å². The Hall–Kier alpha value is -1.76. The average Bonchev–Trinajstić information content (AvgIpc) is 3.08. The van der Waals surface area contributed by atoms with Crippen LogP contribution in [0.4, 0.5) is 0 Å². The van der Waals surface area contributed by atoms with E-state index in [1.807, 2.05) is 18.0 Å². The summed E-state index contributed by atoms with van der Waals surface area (Å²) < 4.78 is 1.62. The first-order valence-electron chi connectivity index (χ1n) is 9.92. The van der Waals surface area contributed by atoms with Gasteiger partial charge in [0.15, 0.2) is 5.69 Å². The fourth-order valence-corrected chi connectivity index (χ4v) is 4.62. The maximum atomic E-state index is 13.1. The zero-order chi connectivity index (χ0) is 22.1. The van der Waals surface area contributed by atoms with E-state index in [9.17, 15) is 4.79 Å². The summed E-state index contributed by atoms with van der Waals surface area (Å²) in [5.41, 5.74) is 5.81. The highest BCUT2D eigenvalue weighted by Crippen LogP contribution is 2.38. The summed E-state index contributed by atoms with van der Waals surface area (Å²) in [6, 6.07) is 10.5. The molecule has 0 spiro atoms. The van der Waals surface area contributed by atoms with Crippen LogP contribution in [0, 0.1) is 6.92 Å². The number of nitrogens with one attached hydrogen (secondary N) is 1. The summed E-state index contributed by atoms with van der Waals surface area (Å²) >= 11 is 25.4. The molecule has 1 aromatic heterocycles. The Morgan fingerprint density at radius 1 is 1.00 bits per heavy atom. The van der Waals surface area contributed by atoms with Gasteiger partial charge in [0.05, 0.1) is 26.4 Å². The number of amides is 1. The molecule has 0 aliphatic carbocycles. The van der Waals surface area contributed by atoms with Gasteiger partial charge in [-0.05, 0) is 44.0 Å². The van der Waals surface area contributed by atoms with Gasteiger partial charge < -0.3 is 0 Å². The molecule has 1 aliphatic rings. The third-order valence-electron chi connectivity index (χ3n) is 5.30. The lowest BCUT2D eigenvalue weighted by atomic mass is 10.1. The van der Waals surface area contributed by atoms with E-state index in [1.165, 1.54) is 6.42 Å². The molecule has 162 valence electrons. The molecule has 0 unspecified atom stereocenters. The Balaban J connectivity index is 1.85.